The van der Waals surface area contributed by atoms with Crippen molar-refractivity contribution in [3.8, 4) is 0 Å². The molecule has 0 aliphatic carbocycles. The Hall–Kier alpha value is -1.13. The Balaban J connectivity index is 3.56. The summed E-state index contributed by atoms with van der Waals surface area (Å²) in [6, 6.07) is 0. The summed E-state index contributed by atoms with van der Waals surface area (Å²) in [4.78, 5) is 14.8. The van der Waals surface area contributed by atoms with Crippen molar-refractivity contribution in [2.24, 2.45) is 0 Å². The molecule has 4 heteroatoms. The first-order chi connectivity index (χ1) is 10.7. The van der Waals surface area contributed by atoms with Crippen LogP contribution in [-0.2, 0) is 9.68 Å². The molecule has 0 unspecified atom stereocenters. The largest absolute Gasteiger partial charge is 0.481 e. The van der Waals surface area contributed by atoms with Crippen molar-refractivity contribution in [2.75, 3.05) is 0 Å². The normalized spacial score (nSPS) is 13.2. The summed E-state index contributed by atoms with van der Waals surface area (Å²) in [5.41, 5.74) is 0. The number of carboxylic acids is 1. The molecule has 0 bridgehead atoms. The van der Waals surface area contributed by atoms with Crippen molar-refractivity contribution in [3.63, 3.8) is 0 Å². The molecule has 2 N–H and O–H groups in total. The van der Waals surface area contributed by atoms with Crippen molar-refractivity contribution < 1.29 is 20.0 Å². The minimum Gasteiger partial charge on any atom is -0.481 e. The molecule has 0 aromatic heterocycles. The minimum atomic E-state index is -0.708. The molecule has 22 heavy (non-hydrogen) atoms. The van der Waals surface area contributed by atoms with Gasteiger partial charge >= 0.3 is 5.97 Å². The van der Waals surface area contributed by atoms with Crippen LogP contribution in [0.5, 0.6) is 0 Å². The second-order valence-electron chi connectivity index (χ2n) is 5.62. The second kappa shape index (κ2) is 16.2. The highest BCUT2D eigenvalue weighted by Crippen LogP contribution is 2.08. The fraction of sp³-hybridized carbons (Fsp3) is 0.722. The lowest BCUT2D eigenvalue weighted by Gasteiger charge is -2.03. The van der Waals surface area contributed by atoms with Gasteiger partial charge in [-0.25, -0.2) is 4.89 Å². The number of rotatable bonds is 15. The molecule has 0 amide bonds. The van der Waals surface area contributed by atoms with E-state index in [9.17, 15) is 4.79 Å². The van der Waals surface area contributed by atoms with E-state index in [0.29, 0.717) is 0 Å². The summed E-state index contributed by atoms with van der Waals surface area (Å²) in [7, 11) is 0. The quantitative estimate of drug-likeness (QED) is 0.185. The van der Waals surface area contributed by atoms with Crippen LogP contribution in [-0.4, -0.2) is 22.4 Å². The fourth-order valence-electron chi connectivity index (χ4n) is 2.18. The Labute approximate surface area is 134 Å². The number of hydrogen-bond acceptors (Lipinski definition) is 3. The number of allylic oxidation sites excluding steroid dienone is 2. The number of carbonyl (C=O) groups is 1. The Morgan fingerprint density at radius 1 is 0.955 bits per heavy atom. The van der Waals surface area contributed by atoms with Crippen LogP contribution in [0.3, 0.4) is 0 Å². The van der Waals surface area contributed by atoms with Gasteiger partial charge in [-0.2, -0.15) is 0 Å². The zero-order valence-corrected chi connectivity index (χ0v) is 13.9. The van der Waals surface area contributed by atoms with Crippen LogP contribution < -0.4 is 0 Å². The van der Waals surface area contributed by atoms with Crippen LogP contribution in [0, 0.1) is 0 Å². The molecule has 4 nitrogen and oxygen atoms in total. The summed E-state index contributed by atoms with van der Waals surface area (Å²) in [6.07, 6.45) is 18.4. The van der Waals surface area contributed by atoms with Gasteiger partial charge in [0, 0.05) is 6.42 Å². The first kappa shape index (κ1) is 20.9. The predicted octanol–water partition coefficient (Wildman–Crippen LogP) is 5.35. The first-order valence-corrected chi connectivity index (χ1v) is 8.56. The van der Waals surface area contributed by atoms with Crippen molar-refractivity contribution in [1.82, 2.24) is 0 Å². The van der Waals surface area contributed by atoms with Crippen LogP contribution in [0.2, 0.25) is 0 Å². The summed E-state index contributed by atoms with van der Waals surface area (Å²) >= 11 is 0. The average molecular weight is 312 g/mol. The summed E-state index contributed by atoms with van der Waals surface area (Å²) < 4.78 is 0. The smallest absolute Gasteiger partial charge is 0.303 e. The molecule has 128 valence electrons. The summed E-state index contributed by atoms with van der Waals surface area (Å²) in [5.74, 6) is -0.708. The summed E-state index contributed by atoms with van der Waals surface area (Å²) in [5, 5.41) is 17.3. The van der Waals surface area contributed by atoms with E-state index in [2.05, 4.69) is 17.9 Å². The third-order valence-electron chi connectivity index (χ3n) is 3.51. The van der Waals surface area contributed by atoms with E-state index in [0.717, 1.165) is 44.9 Å². The van der Waals surface area contributed by atoms with E-state index in [1.54, 1.807) is 0 Å². The maximum absolute atomic E-state index is 10.3. The maximum atomic E-state index is 10.3. The zero-order chi connectivity index (χ0) is 16.5. The predicted molar refractivity (Wildman–Crippen MR) is 89.9 cm³/mol. The van der Waals surface area contributed by atoms with Crippen LogP contribution >= 0.6 is 0 Å². The monoisotopic (exact) mass is 312 g/mol. The molecule has 0 rings (SSSR count). The molecule has 0 radical (unpaired) electrons. The van der Waals surface area contributed by atoms with Gasteiger partial charge < -0.3 is 5.11 Å². The molecular formula is C18H32O4. The number of aliphatic carboxylic acids is 1. The highest BCUT2D eigenvalue weighted by Gasteiger charge is 1.98. The van der Waals surface area contributed by atoms with Gasteiger partial charge in [0.05, 0.1) is 0 Å². The standard InChI is InChI=1S/C18H32O4/c1-2-3-4-8-11-14-17(22-21)15-12-9-6-5-7-10-13-16-18(19)20/h11-12,14-15,17,21H,2-10,13,16H2,1H3,(H,19,20)/t17-/m0/s1. The molecule has 0 aromatic rings. The van der Waals surface area contributed by atoms with Gasteiger partial charge in [0.2, 0.25) is 0 Å². The van der Waals surface area contributed by atoms with Gasteiger partial charge in [0.25, 0.3) is 0 Å². The van der Waals surface area contributed by atoms with Gasteiger partial charge in [0.15, 0.2) is 0 Å². The molecule has 0 aliphatic heterocycles. The van der Waals surface area contributed by atoms with Gasteiger partial charge in [-0.3, -0.25) is 10.1 Å². The first-order valence-electron chi connectivity index (χ1n) is 8.56. The van der Waals surface area contributed by atoms with E-state index in [1.165, 1.54) is 19.3 Å². The molecule has 0 aromatic carbocycles. The molecular weight excluding hydrogens is 280 g/mol. The number of carboxylic acid groups (broad SMARTS) is 1. The SMILES string of the molecule is CCCCCC=C[C@@H](C=CCCCCCCCC(=O)O)OO. The van der Waals surface area contributed by atoms with Crippen LogP contribution in [0.4, 0.5) is 0 Å². The summed E-state index contributed by atoms with van der Waals surface area (Å²) in [6.45, 7) is 2.18. The van der Waals surface area contributed by atoms with Crippen LogP contribution in [0.25, 0.3) is 0 Å². The van der Waals surface area contributed by atoms with Gasteiger partial charge in [-0.05, 0) is 32.1 Å². The lowest BCUT2D eigenvalue weighted by Crippen LogP contribution is -2.02. The van der Waals surface area contributed by atoms with Gasteiger partial charge in [-0.15, -0.1) is 0 Å². The van der Waals surface area contributed by atoms with Gasteiger partial charge in [0.1, 0.15) is 6.10 Å². The highest BCUT2D eigenvalue weighted by molar-refractivity contribution is 5.66. The molecule has 0 saturated heterocycles. The highest BCUT2D eigenvalue weighted by atomic mass is 17.1. The molecule has 0 aliphatic rings. The molecule has 0 spiro atoms. The Bertz CT molecular complexity index is 310. The molecule has 0 fully saturated rings. The van der Waals surface area contributed by atoms with Crippen LogP contribution in [0.15, 0.2) is 24.3 Å². The van der Waals surface area contributed by atoms with E-state index < -0.39 is 5.97 Å². The Morgan fingerprint density at radius 2 is 1.50 bits per heavy atom. The minimum absolute atomic E-state index is 0.278. The number of hydrogen-bond donors (Lipinski definition) is 2. The lowest BCUT2D eigenvalue weighted by molar-refractivity contribution is -0.254. The van der Waals surface area contributed by atoms with E-state index in [1.807, 2.05) is 18.2 Å². The molecule has 0 saturated carbocycles. The maximum Gasteiger partial charge on any atom is 0.303 e. The Kier molecular flexibility index (Phi) is 15.4. The van der Waals surface area contributed by atoms with Crippen molar-refractivity contribution in [1.29, 1.82) is 0 Å². The topological polar surface area (TPSA) is 66.8 Å². The van der Waals surface area contributed by atoms with Crippen molar-refractivity contribution in [2.45, 2.75) is 83.7 Å². The van der Waals surface area contributed by atoms with Crippen molar-refractivity contribution in [3.05, 3.63) is 24.3 Å². The van der Waals surface area contributed by atoms with E-state index in [4.69, 9.17) is 10.4 Å². The third kappa shape index (κ3) is 15.3. The Morgan fingerprint density at radius 3 is 2.05 bits per heavy atom. The number of unbranched alkanes of at least 4 members (excludes halogenated alkanes) is 8. The van der Waals surface area contributed by atoms with E-state index >= 15 is 0 Å². The van der Waals surface area contributed by atoms with E-state index in [-0.39, 0.29) is 12.5 Å². The van der Waals surface area contributed by atoms with Crippen LogP contribution in [0.1, 0.15) is 77.6 Å². The van der Waals surface area contributed by atoms with Crippen molar-refractivity contribution >= 4 is 5.97 Å². The fourth-order valence-corrected chi connectivity index (χ4v) is 2.18. The molecule has 0 heterocycles. The third-order valence-corrected chi connectivity index (χ3v) is 3.51. The average Bonchev–Trinajstić information content (AvgIpc) is 2.50. The zero-order valence-electron chi connectivity index (χ0n) is 13.9. The second-order valence-corrected chi connectivity index (χ2v) is 5.62. The van der Waals surface area contributed by atoms with Gasteiger partial charge in [-0.1, -0.05) is 63.3 Å². The molecule has 1 atom stereocenters. The lowest BCUT2D eigenvalue weighted by atomic mass is 10.1.